The number of anilines is 1. The molecule has 0 spiro atoms. The second kappa shape index (κ2) is 5.65. The molecule has 1 heterocycles. The maximum atomic E-state index is 6.14. The Kier molecular flexibility index (Phi) is 3.72. The van der Waals surface area contributed by atoms with Crippen molar-refractivity contribution in [2.75, 3.05) is 5.32 Å². The van der Waals surface area contributed by atoms with Crippen LogP contribution < -0.4 is 5.32 Å². The van der Waals surface area contributed by atoms with E-state index in [0.29, 0.717) is 12.4 Å². The van der Waals surface area contributed by atoms with Gasteiger partial charge in [-0.05, 0) is 35.4 Å². The van der Waals surface area contributed by atoms with Crippen LogP contribution in [-0.2, 0) is 6.54 Å². The van der Waals surface area contributed by atoms with E-state index < -0.39 is 0 Å². The van der Waals surface area contributed by atoms with Gasteiger partial charge in [-0.2, -0.15) is 0 Å². The molecule has 0 saturated heterocycles. The van der Waals surface area contributed by atoms with Gasteiger partial charge in [0.1, 0.15) is 5.82 Å². The van der Waals surface area contributed by atoms with E-state index in [0.717, 1.165) is 21.5 Å². The molecule has 0 unspecified atom stereocenters. The summed E-state index contributed by atoms with van der Waals surface area (Å²) in [5, 5.41) is 5.15. The summed E-state index contributed by atoms with van der Waals surface area (Å²) in [4.78, 5) is 8.44. The lowest BCUT2D eigenvalue weighted by Crippen LogP contribution is -2.03. The van der Waals surface area contributed by atoms with Crippen LogP contribution in [0.3, 0.4) is 0 Å². The van der Waals surface area contributed by atoms with Crippen molar-refractivity contribution in [2.45, 2.75) is 6.54 Å². The van der Waals surface area contributed by atoms with E-state index in [1.54, 1.807) is 0 Å². The van der Waals surface area contributed by atoms with Crippen LogP contribution in [-0.4, -0.2) is 9.97 Å². The molecular weight excluding hydrogens is 293 g/mol. The van der Waals surface area contributed by atoms with E-state index in [1.807, 2.05) is 48.5 Å². The molecule has 0 amide bonds. The summed E-state index contributed by atoms with van der Waals surface area (Å²) in [7, 11) is 0. The Hall–Kier alpha value is -1.84. The van der Waals surface area contributed by atoms with Gasteiger partial charge >= 0.3 is 0 Å². The Bertz CT molecular complexity index is 759. The van der Waals surface area contributed by atoms with Gasteiger partial charge in [0.05, 0.1) is 5.52 Å². The Morgan fingerprint density at radius 1 is 0.900 bits per heavy atom. The van der Waals surface area contributed by atoms with E-state index in [2.05, 4.69) is 15.3 Å². The zero-order valence-electron chi connectivity index (χ0n) is 10.5. The Morgan fingerprint density at radius 2 is 1.65 bits per heavy atom. The summed E-state index contributed by atoms with van der Waals surface area (Å²) in [5.41, 5.74) is 1.82. The number of benzene rings is 2. The molecular formula is C15H11Cl2N3. The van der Waals surface area contributed by atoms with Gasteiger partial charge in [0, 0.05) is 17.0 Å². The van der Waals surface area contributed by atoms with E-state index in [-0.39, 0.29) is 5.28 Å². The molecule has 3 rings (SSSR count). The number of rotatable bonds is 3. The third kappa shape index (κ3) is 2.69. The normalized spacial score (nSPS) is 10.7. The van der Waals surface area contributed by atoms with Gasteiger partial charge in [-0.15, -0.1) is 0 Å². The highest BCUT2D eigenvalue weighted by Crippen LogP contribution is 2.23. The fraction of sp³-hybridized carbons (Fsp3) is 0.0667. The predicted molar refractivity (Wildman–Crippen MR) is 83.3 cm³/mol. The number of nitrogens with zero attached hydrogens (tertiary/aromatic N) is 2. The van der Waals surface area contributed by atoms with Gasteiger partial charge in [0.15, 0.2) is 0 Å². The molecule has 0 radical (unpaired) electrons. The highest BCUT2D eigenvalue weighted by Gasteiger charge is 2.06. The Morgan fingerprint density at radius 3 is 2.50 bits per heavy atom. The van der Waals surface area contributed by atoms with Gasteiger partial charge in [0.25, 0.3) is 0 Å². The van der Waals surface area contributed by atoms with Crippen LogP contribution in [0, 0.1) is 0 Å². The lowest BCUT2D eigenvalue weighted by Gasteiger charge is -2.10. The van der Waals surface area contributed by atoms with Crippen LogP contribution in [0.15, 0.2) is 48.5 Å². The molecule has 5 heteroatoms. The minimum atomic E-state index is 0.227. The van der Waals surface area contributed by atoms with Crippen molar-refractivity contribution in [3.63, 3.8) is 0 Å². The summed E-state index contributed by atoms with van der Waals surface area (Å²) in [6.07, 6.45) is 0. The molecule has 0 fully saturated rings. The van der Waals surface area contributed by atoms with Crippen molar-refractivity contribution in [1.29, 1.82) is 0 Å². The number of halogens is 2. The number of aromatic nitrogens is 2. The van der Waals surface area contributed by atoms with Crippen LogP contribution >= 0.6 is 23.2 Å². The molecule has 0 saturated carbocycles. The third-order valence-electron chi connectivity index (χ3n) is 2.98. The molecule has 0 aliphatic rings. The van der Waals surface area contributed by atoms with Crippen LogP contribution in [0.1, 0.15) is 5.56 Å². The Balaban J connectivity index is 1.93. The first kappa shape index (κ1) is 13.2. The van der Waals surface area contributed by atoms with Gasteiger partial charge < -0.3 is 5.32 Å². The van der Waals surface area contributed by atoms with E-state index >= 15 is 0 Å². The zero-order chi connectivity index (χ0) is 13.9. The highest BCUT2D eigenvalue weighted by molar-refractivity contribution is 6.31. The lowest BCUT2D eigenvalue weighted by atomic mass is 10.2. The number of nitrogens with one attached hydrogen (secondary N) is 1. The molecule has 0 atom stereocenters. The average Bonchev–Trinajstić information content (AvgIpc) is 2.46. The molecule has 0 aliphatic heterocycles. The lowest BCUT2D eigenvalue weighted by molar-refractivity contribution is 1.10. The molecule has 2 aromatic carbocycles. The maximum absolute atomic E-state index is 6.14. The predicted octanol–water partition coefficient (Wildman–Crippen LogP) is 4.55. The second-order valence-electron chi connectivity index (χ2n) is 4.30. The molecule has 3 nitrogen and oxygen atoms in total. The summed E-state index contributed by atoms with van der Waals surface area (Å²) in [6, 6.07) is 15.4. The smallest absolute Gasteiger partial charge is 0.224 e. The van der Waals surface area contributed by atoms with Crippen molar-refractivity contribution in [1.82, 2.24) is 9.97 Å². The minimum absolute atomic E-state index is 0.227. The highest BCUT2D eigenvalue weighted by atomic mass is 35.5. The monoisotopic (exact) mass is 303 g/mol. The molecule has 0 bridgehead atoms. The first-order valence-electron chi connectivity index (χ1n) is 6.13. The standard InChI is InChI=1S/C15H11Cl2N3/c16-12-7-3-1-5-10(12)9-18-14-11-6-2-4-8-13(11)19-15(17)20-14/h1-8H,9H2,(H,18,19,20). The SMILES string of the molecule is Clc1nc(NCc2ccccc2Cl)c2ccccc2n1. The molecule has 1 aromatic heterocycles. The summed E-state index contributed by atoms with van der Waals surface area (Å²) in [6.45, 7) is 0.580. The quantitative estimate of drug-likeness (QED) is 0.721. The summed E-state index contributed by atoms with van der Waals surface area (Å²) < 4.78 is 0. The van der Waals surface area contributed by atoms with Gasteiger partial charge in [0.2, 0.25) is 5.28 Å². The van der Waals surface area contributed by atoms with Crippen molar-refractivity contribution in [3.8, 4) is 0 Å². The van der Waals surface area contributed by atoms with E-state index in [4.69, 9.17) is 23.2 Å². The fourth-order valence-electron chi connectivity index (χ4n) is 2.00. The molecule has 100 valence electrons. The third-order valence-corrected chi connectivity index (χ3v) is 3.52. The summed E-state index contributed by atoms with van der Waals surface area (Å²) >= 11 is 12.1. The van der Waals surface area contributed by atoms with Crippen LogP contribution in [0.25, 0.3) is 10.9 Å². The maximum Gasteiger partial charge on any atom is 0.224 e. The number of hydrogen-bond donors (Lipinski definition) is 1. The number of hydrogen-bond acceptors (Lipinski definition) is 3. The largest absolute Gasteiger partial charge is 0.365 e. The van der Waals surface area contributed by atoms with E-state index in [1.165, 1.54) is 0 Å². The van der Waals surface area contributed by atoms with Gasteiger partial charge in [-0.1, -0.05) is 41.9 Å². The first-order valence-corrected chi connectivity index (χ1v) is 6.89. The molecule has 1 N–H and O–H groups in total. The van der Waals surface area contributed by atoms with Gasteiger partial charge in [-0.3, -0.25) is 0 Å². The second-order valence-corrected chi connectivity index (χ2v) is 5.05. The van der Waals surface area contributed by atoms with E-state index in [9.17, 15) is 0 Å². The minimum Gasteiger partial charge on any atom is -0.365 e. The molecule has 0 aliphatic carbocycles. The number of fused-ring (bicyclic) bond motifs is 1. The van der Waals surface area contributed by atoms with Crippen molar-refractivity contribution < 1.29 is 0 Å². The van der Waals surface area contributed by atoms with Gasteiger partial charge in [-0.25, -0.2) is 9.97 Å². The summed E-state index contributed by atoms with van der Waals surface area (Å²) in [5.74, 6) is 0.709. The average molecular weight is 304 g/mol. The number of para-hydroxylation sites is 1. The fourth-order valence-corrected chi connectivity index (χ4v) is 2.38. The van der Waals surface area contributed by atoms with Crippen molar-refractivity contribution >= 4 is 39.9 Å². The Labute approximate surface area is 126 Å². The van der Waals surface area contributed by atoms with Crippen LogP contribution in [0.4, 0.5) is 5.82 Å². The van der Waals surface area contributed by atoms with Crippen molar-refractivity contribution in [2.24, 2.45) is 0 Å². The van der Waals surface area contributed by atoms with Crippen LogP contribution in [0.2, 0.25) is 10.3 Å². The van der Waals surface area contributed by atoms with Crippen molar-refractivity contribution in [3.05, 3.63) is 64.4 Å². The molecule has 3 aromatic rings. The zero-order valence-corrected chi connectivity index (χ0v) is 12.0. The first-order chi connectivity index (χ1) is 9.74. The topological polar surface area (TPSA) is 37.8 Å². The van der Waals surface area contributed by atoms with Crippen LogP contribution in [0.5, 0.6) is 0 Å². The molecule has 20 heavy (non-hydrogen) atoms.